The molecule has 24 heavy (non-hydrogen) atoms. The van der Waals surface area contributed by atoms with E-state index in [1.807, 2.05) is 36.4 Å². The highest BCUT2D eigenvalue weighted by atomic mass is 35.5. The minimum absolute atomic E-state index is 0.243. The number of alkyl halides is 2. The van der Waals surface area contributed by atoms with Crippen LogP contribution in [-0.2, 0) is 8.85 Å². The first-order chi connectivity index (χ1) is 11.7. The Morgan fingerprint density at radius 1 is 0.833 bits per heavy atom. The van der Waals surface area contributed by atoms with Crippen molar-refractivity contribution in [2.75, 3.05) is 13.2 Å². The van der Waals surface area contributed by atoms with Gasteiger partial charge in [-0.1, -0.05) is 80.4 Å². The third-order valence-electron chi connectivity index (χ3n) is 3.77. The molecule has 0 heterocycles. The second kappa shape index (κ2) is 10.2. The van der Waals surface area contributed by atoms with E-state index in [2.05, 4.69) is 31.2 Å². The van der Waals surface area contributed by atoms with Crippen molar-refractivity contribution in [1.29, 1.82) is 0 Å². The SMILES string of the molecule is CCCCCO[Si](OCC(Cl)Cl)(c1ccccc1)c1ccccc1. The molecule has 0 aromatic heterocycles. The molecule has 2 rings (SSSR count). The molecule has 0 bridgehead atoms. The van der Waals surface area contributed by atoms with Gasteiger partial charge < -0.3 is 8.85 Å². The largest absolute Gasteiger partial charge is 0.407 e. The van der Waals surface area contributed by atoms with Crippen molar-refractivity contribution in [3.63, 3.8) is 0 Å². The zero-order chi connectivity index (χ0) is 17.3. The van der Waals surface area contributed by atoms with Crippen molar-refractivity contribution in [1.82, 2.24) is 0 Å². The van der Waals surface area contributed by atoms with E-state index >= 15 is 0 Å². The van der Waals surface area contributed by atoms with Crippen LogP contribution in [0.4, 0.5) is 0 Å². The average Bonchev–Trinajstić information content (AvgIpc) is 2.63. The Bertz CT molecular complexity index is 539. The standard InChI is InChI=1S/C19H24Cl2O2Si/c1-2-3-10-15-22-24(23-16-19(20)21,17-11-6-4-7-12-17)18-13-8-5-9-14-18/h4-9,11-14,19H,2-3,10,15-16H2,1H3. The lowest BCUT2D eigenvalue weighted by molar-refractivity contribution is 0.194. The van der Waals surface area contributed by atoms with Gasteiger partial charge >= 0.3 is 8.56 Å². The van der Waals surface area contributed by atoms with Gasteiger partial charge in [0.1, 0.15) is 4.84 Å². The Hall–Kier alpha value is -0.843. The Morgan fingerprint density at radius 3 is 1.83 bits per heavy atom. The highest BCUT2D eigenvalue weighted by Crippen LogP contribution is 2.14. The topological polar surface area (TPSA) is 18.5 Å². The molecule has 0 aliphatic rings. The predicted octanol–water partition coefficient (Wildman–Crippen LogP) is 4.27. The van der Waals surface area contributed by atoms with E-state index in [4.69, 9.17) is 32.1 Å². The van der Waals surface area contributed by atoms with Crippen LogP contribution in [0.5, 0.6) is 0 Å². The van der Waals surface area contributed by atoms with E-state index in [0.29, 0.717) is 6.61 Å². The van der Waals surface area contributed by atoms with E-state index in [-0.39, 0.29) is 6.61 Å². The van der Waals surface area contributed by atoms with Crippen LogP contribution in [-0.4, -0.2) is 26.6 Å². The summed E-state index contributed by atoms with van der Waals surface area (Å²) in [5, 5.41) is 2.14. The second-order valence-corrected chi connectivity index (χ2v) is 9.85. The average molecular weight is 383 g/mol. The van der Waals surface area contributed by atoms with E-state index in [0.717, 1.165) is 29.6 Å². The number of hydrogen-bond donors (Lipinski definition) is 0. The summed E-state index contributed by atoms with van der Waals surface area (Å²) >= 11 is 11.9. The normalized spacial score (nSPS) is 11.8. The molecule has 0 amide bonds. The molecule has 2 nitrogen and oxygen atoms in total. The van der Waals surface area contributed by atoms with Crippen LogP contribution in [0.2, 0.25) is 0 Å². The van der Waals surface area contributed by atoms with E-state index in [9.17, 15) is 0 Å². The Labute approximate surface area is 156 Å². The smallest absolute Gasteiger partial charge is 0.388 e. The van der Waals surface area contributed by atoms with Crippen molar-refractivity contribution in [3.05, 3.63) is 60.7 Å². The van der Waals surface area contributed by atoms with Crippen molar-refractivity contribution >= 4 is 42.1 Å². The molecule has 0 atom stereocenters. The fraction of sp³-hybridized carbons (Fsp3) is 0.368. The molecule has 0 N–H and O–H groups in total. The molecule has 5 heteroatoms. The molecule has 2 aromatic rings. The first-order valence-electron chi connectivity index (χ1n) is 8.36. The number of benzene rings is 2. The van der Waals surface area contributed by atoms with Gasteiger partial charge in [0.25, 0.3) is 0 Å². The van der Waals surface area contributed by atoms with Crippen LogP contribution in [0, 0.1) is 0 Å². The van der Waals surface area contributed by atoms with Crippen LogP contribution < -0.4 is 10.4 Å². The summed E-state index contributed by atoms with van der Waals surface area (Å²) in [6.45, 7) is 3.09. The lowest BCUT2D eigenvalue weighted by Gasteiger charge is -2.32. The zero-order valence-corrected chi connectivity index (χ0v) is 16.5. The summed E-state index contributed by atoms with van der Waals surface area (Å²) in [5.41, 5.74) is 0. The van der Waals surface area contributed by atoms with Gasteiger partial charge in [-0.25, -0.2) is 0 Å². The first kappa shape index (κ1) is 19.5. The molecule has 0 spiro atoms. The minimum Gasteiger partial charge on any atom is -0.388 e. The van der Waals surface area contributed by atoms with Gasteiger partial charge in [0, 0.05) is 6.61 Å². The van der Waals surface area contributed by atoms with Crippen LogP contribution in [0.3, 0.4) is 0 Å². The van der Waals surface area contributed by atoms with E-state index in [1.165, 1.54) is 0 Å². The zero-order valence-electron chi connectivity index (χ0n) is 14.0. The molecule has 0 unspecified atom stereocenters. The van der Waals surface area contributed by atoms with Gasteiger partial charge in [-0.15, -0.1) is 23.2 Å². The number of unbranched alkanes of at least 4 members (excludes halogenated alkanes) is 2. The van der Waals surface area contributed by atoms with Gasteiger partial charge in [-0.3, -0.25) is 0 Å². The first-order valence-corrected chi connectivity index (χ1v) is 11.0. The summed E-state index contributed by atoms with van der Waals surface area (Å²) in [5.74, 6) is 0. The van der Waals surface area contributed by atoms with Crippen LogP contribution in [0.15, 0.2) is 60.7 Å². The maximum Gasteiger partial charge on any atom is 0.407 e. The lowest BCUT2D eigenvalue weighted by Crippen LogP contribution is -2.63. The molecular weight excluding hydrogens is 359 g/mol. The van der Waals surface area contributed by atoms with Crippen molar-refractivity contribution in [2.24, 2.45) is 0 Å². The quantitative estimate of drug-likeness (QED) is 0.347. The van der Waals surface area contributed by atoms with Crippen molar-refractivity contribution < 1.29 is 8.85 Å². The minimum atomic E-state index is -2.83. The Kier molecular flexibility index (Phi) is 8.29. The Morgan fingerprint density at radius 2 is 1.38 bits per heavy atom. The highest BCUT2D eigenvalue weighted by molar-refractivity contribution is 6.92. The van der Waals surface area contributed by atoms with Gasteiger partial charge in [0.15, 0.2) is 0 Å². The van der Waals surface area contributed by atoms with Gasteiger partial charge in [-0.2, -0.15) is 0 Å². The molecule has 0 aliphatic carbocycles. The molecule has 0 saturated heterocycles. The molecule has 0 fully saturated rings. The van der Waals surface area contributed by atoms with Crippen LogP contribution in [0.25, 0.3) is 0 Å². The highest BCUT2D eigenvalue weighted by Gasteiger charge is 2.43. The van der Waals surface area contributed by atoms with E-state index < -0.39 is 13.4 Å². The van der Waals surface area contributed by atoms with Gasteiger partial charge in [0.2, 0.25) is 0 Å². The number of rotatable bonds is 10. The monoisotopic (exact) mass is 382 g/mol. The molecule has 0 saturated carbocycles. The summed E-state index contributed by atoms with van der Waals surface area (Å²) < 4.78 is 12.8. The fourth-order valence-electron chi connectivity index (χ4n) is 2.61. The third kappa shape index (κ3) is 5.33. The maximum absolute atomic E-state index is 6.45. The maximum atomic E-state index is 6.45. The van der Waals surface area contributed by atoms with Crippen LogP contribution in [0.1, 0.15) is 26.2 Å². The van der Waals surface area contributed by atoms with Crippen LogP contribution >= 0.6 is 23.2 Å². The van der Waals surface area contributed by atoms with Crippen molar-refractivity contribution in [3.8, 4) is 0 Å². The molecule has 130 valence electrons. The summed E-state index contributed by atoms with van der Waals surface area (Å²) in [6, 6.07) is 20.3. The molecule has 0 radical (unpaired) electrons. The molecule has 0 aliphatic heterocycles. The van der Waals surface area contributed by atoms with Gasteiger partial charge in [-0.05, 0) is 16.8 Å². The lowest BCUT2D eigenvalue weighted by atomic mass is 10.3. The van der Waals surface area contributed by atoms with Gasteiger partial charge in [0.05, 0.1) is 6.61 Å². The number of hydrogen-bond acceptors (Lipinski definition) is 2. The molecule has 2 aromatic carbocycles. The number of halogens is 2. The fourth-order valence-corrected chi connectivity index (χ4v) is 6.12. The summed E-state index contributed by atoms with van der Waals surface area (Å²) in [7, 11) is -2.83. The Balaban J connectivity index is 2.38. The summed E-state index contributed by atoms with van der Waals surface area (Å²) in [6.07, 6.45) is 3.31. The second-order valence-electron chi connectivity index (χ2n) is 5.61. The van der Waals surface area contributed by atoms with E-state index in [1.54, 1.807) is 0 Å². The van der Waals surface area contributed by atoms with Crippen molar-refractivity contribution in [2.45, 2.75) is 31.0 Å². The summed E-state index contributed by atoms with van der Waals surface area (Å²) in [4.78, 5) is -0.580. The predicted molar refractivity (Wildman–Crippen MR) is 105 cm³/mol. The third-order valence-corrected chi connectivity index (χ3v) is 7.40. The molecular formula is C19H24Cl2O2Si.